The summed E-state index contributed by atoms with van der Waals surface area (Å²) in [7, 11) is 1.56. The summed E-state index contributed by atoms with van der Waals surface area (Å²) in [6, 6.07) is 23.9. The minimum atomic E-state index is -0.466. The third kappa shape index (κ3) is 4.12. The molecular weight excluding hydrogens is 380 g/mol. The van der Waals surface area contributed by atoms with Crippen LogP contribution in [0.25, 0.3) is 0 Å². The van der Waals surface area contributed by atoms with Crippen molar-refractivity contribution in [3.05, 3.63) is 78.9 Å². The first-order chi connectivity index (χ1) is 14.7. The number of para-hydroxylation sites is 5. The Balaban J connectivity index is 1.48. The number of hydrogen-bond acceptors (Lipinski definition) is 4. The maximum Gasteiger partial charge on any atom is 0.229 e. The molecule has 1 N–H and O–H groups in total. The molecule has 1 aliphatic rings. The number of hydrogen-bond donors (Lipinski definition) is 1. The van der Waals surface area contributed by atoms with Crippen LogP contribution >= 0.6 is 0 Å². The van der Waals surface area contributed by atoms with Crippen LogP contribution in [-0.4, -0.2) is 25.5 Å². The van der Waals surface area contributed by atoms with Crippen molar-refractivity contribution in [1.29, 1.82) is 0 Å². The Morgan fingerprint density at radius 1 is 0.933 bits per heavy atom. The molecule has 1 saturated heterocycles. The zero-order chi connectivity index (χ0) is 20.9. The smallest absolute Gasteiger partial charge is 0.229 e. The number of methoxy groups -OCH3 is 1. The van der Waals surface area contributed by atoms with Crippen LogP contribution in [0.1, 0.15) is 6.42 Å². The molecular formula is C24H22N2O4. The van der Waals surface area contributed by atoms with Crippen molar-refractivity contribution in [2.45, 2.75) is 6.42 Å². The van der Waals surface area contributed by atoms with Gasteiger partial charge in [0.25, 0.3) is 0 Å². The number of carbonyl (C=O) groups excluding carboxylic acids is 2. The lowest BCUT2D eigenvalue weighted by Gasteiger charge is -2.19. The first-order valence-corrected chi connectivity index (χ1v) is 9.72. The maximum absolute atomic E-state index is 12.9. The molecule has 0 radical (unpaired) electrons. The van der Waals surface area contributed by atoms with Crippen molar-refractivity contribution in [3.63, 3.8) is 0 Å². The van der Waals surface area contributed by atoms with Gasteiger partial charge in [-0.1, -0.05) is 42.5 Å². The Hall–Kier alpha value is -3.80. The fourth-order valence-electron chi connectivity index (χ4n) is 3.48. The van der Waals surface area contributed by atoms with Gasteiger partial charge in [-0.3, -0.25) is 9.59 Å². The van der Waals surface area contributed by atoms with E-state index in [1.54, 1.807) is 30.2 Å². The lowest BCUT2D eigenvalue weighted by Crippen LogP contribution is -2.28. The minimum absolute atomic E-state index is 0.103. The first kappa shape index (κ1) is 19.5. The summed E-state index contributed by atoms with van der Waals surface area (Å²) in [5, 5.41) is 2.92. The average molecular weight is 402 g/mol. The fourth-order valence-corrected chi connectivity index (χ4v) is 3.48. The van der Waals surface area contributed by atoms with E-state index in [9.17, 15) is 9.59 Å². The number of ether oxygens (including phenoxy) is 2. The summed E-state index contributed by atoms with van der Waals surface area (Å²) < 4.78 is 11.3. The highest BCUT2D eigenvalue weighted by Gasteiger charge is 2.36. The van der Waals surface area contributed by atoms with Crippen LogP contribution in [0, 0.1) is 5.92 Å². The van der Waals surface area contributed by atoms with E-state index in [-0.39, 0.29) is 18.2 Å². The van der Waals surface area contributed by atoms with Crippen molar-refractivity contribution in [1.82, 2.24) is 0 Å². The second kappa shape index (κ2) is 8.69. The Bertz CT molecular complexity index is 1050. The van der Waals surface area contributed by atoms with E-state index >= 15 is 0 Å². The van der Waals surface area contributed by atoms with E-state index < -0.39 is 5.92 Å². The van der Waals surface area contributed by atoms with Crippen LogP contribution < -0.4 is 19.7 Å². The SMILES string of the molecule is COc1ccccc1N1CC(C(=O)Nc2ccccc2Oc2ccccc2)CC1=O. The van der Waals surface area contributed by atoms with Crippen LogP contribution in [0.2, 0.25) is 0 Å². The van der Waals surface area contributed by atoms with Crippen molar-refractivity contribution < 1.29 is 19.1 Å². The molecule has 0 aliphatic carbocycles. The summed E-state index contributed by atoms with van der Waals surface area (Å²) in [5.41, 5.74) is 1.24. The van der Waals surface area contributed by atoms with E-state index in [4.69, 9.17) is 9.47 Å². The molecule has 1 unspecified atom stereocenters. The van der Waals surface area contributed by atoms with Gasteiger partial charge in [0.05, 0.1) is 24.4 Å². The van der Waals surface area contributed by atoms with Crippen molar-refractivity contribution in [3.8, 4) is 17.2 Å². The number of nitrogens with one attached hydrogen (secondary N) is 1. The Labute approximate surface area is 175 Å². The zero-order valence-electron chi connectivity index (χ0n) is 16.6. The molecule has 0 spiro atoms. The van der Waals surface area contributed by atoms with Gasteiger partial charge in [0.15, 0.2) is 5.75 Å². The van der Waals surface area contributed by atoms with Gasteiger partial charge in [-0.2, -0.15) is 0 Å². The molecule has 152 valence electrons. The molecule has 30 heavy (non-hydrogen) atoms. The van der Waals surface area contributed by atoms with Crippen LogP contribution in [0.4, 0.5) is 11.4 Å². The standard InChI is InChI=1S/C24H22N2O4/c1-29-22-14-8-6-12-20(22)26-16-17(15-23(26)27)24(28)25-19-11-5-7-13-21(19)30-18-9-3-2-4-10-18/h2-14,17H,15-16H2,1H3,(H,25,28). The van der Waals surface area contributed by atoms with Gasteiger partial charge >= 0.3 is 0 Å². The van der Waals surface area contributed by atoms with Crippen molar-refractivity contribution in [2.24, 2.45) is 5.92 Å². The highest BCUT2D eigenvalue weighted by atomic mass is 16.5. The van der Waals surface area contributed by atoms with E-state index in [1.165, 1.54) is 0 Å². The van der Waals surface area contributed by atoms with E-state index in [1.807, 2.05) is 60.7 Å². The third-order valence-corrected chi connectivity index (χ3v) is 4.99. The normalized spacial score (nSPS) is 15.7. The van der Waals surface area contributed by atoms with E-state index in [0.29, 0.717) is 35.2 Å². The molecule has 0 aromatic heterocycles. The molecule has 3 aromatic rings. The zero-order valence-corrected chi connectivity index (χ0v) is 16.6. The van der Waals surface area contributed by atoms with Gasteiger partial charge in [-0.05, 0) is 36.4 Å². The van der Waals surface area contributed by atoms with Gasteiger partial charge in [0.1, 0.15) is 11.5 Å². The molecule has 1 atom stereocenters. The monoisotopic (exact) mass is 402 g/mol. The molecule has 1 fully saturated rings. The number of anilines is 2. The molecule has 2 amide bonds. The van der Waals surface area contributed by atoms with E-state index in [0.717, 1.165) is 0 Å². The molecule has 0 saturated carbocycles. The quantitative estimate of drug-likeness (QED) is 0.660. The van der Waals surface area contributed by atoms with E-state index in [2.05, 4.69) is 5.32 Å². The molecule has 1 heterocycles. The van der Waals surface area contributed by atoms with Crippen LogP contribution in [0.5, 0.6) is 17.2 Å². The summed E-state index contributed by atoms with van der Waals surface area (Å²) in [4.78, 5) is 27.1. The number of benzene rings is 3. The van der Waals surface area contributed by atoms with Gasteiger partial charge < -0.3 is 19.7 Å². The number of amides is 2. The first-order valence-electron chi connectivity index (χ1n) is 9.72. The molecule has 1 aliphatic heterocycles. The summed E-state index contributed by atoms with van der Waals surface area (Å²) >= 11 is 0. The van der Waals surface area contributed by atoms with Gasteiger partial charge in [0, 0.05) is 13.0 Å². The molecule has 0 bridgehead atoms. The van der Waals surface area contributed by atoms with Crippen molar-refractivity contribution in [2.75, 3.05) is 23.9 Å². The minimum Gasteiger partial charge on any atom is -0.495 e. The third-order valence-electron chi connectivity index (χ3n) is 4.99. The lowest BCUT2D eigenvalue weighted by molar-refractivity contribution is -0.122. The maximum atomic E-state index is 12.9. The summed E-state index contributed by atoms with van der Waals surface area (Å²) in [6.45, 7) is 0.298. The molecule has 6 nitrogen and oxygen atoms in total. The molecule has 3 aromatic carbocycles. The highest BCUT2D eigenvalue weighted by Crippen LogP contribution is 2.34. The van der Waals surface area contributed by atoms with Gasteiger partial charge in [-0.15, -0.1) is 0 Å². The Kier molecular flexibility index (Phi) is 5.66. The topological polar surface area (TPSA) is 67.9 Å². The molecule has 4 rings (SSSR count). The average Bonchev–Trinajstić information content (AvgIpc) is 3.17. The number of carbonyl (C=O) groups is 2. The predicted molar refractivity (Wildman–Crippen MR) is 115 cm³/mol. The van der Waals surface area contributed by atoms with Gasteiger partial charge in [0.2, 0.25) is 11.8 Å². The highest BCUT2D eigenvalue weighted by molar-refractivity contribution is 6.04. The lowest BCUT2D eigenvalue weighted by atomic mass is 10.1. The second-order valence-corrected chi connectivity index (χ2v) is 6.98. The van der Waals surface area contributed by atoms with Crippen molar-refractivity contribution >= 4 is 23.2 Å². The second-order valence-electron chi connectivity index (χ2n) is 6.98. The fraction of sp³-hybridized carbons (Fsp3) is 0.167. The number of rotatable bonds is 6. The predicted octanol–water partition coefficient (Wildman–Crippen LogP) is 4.48. The Morgan fingerprint density at radius 3 is 2.37 bits per heavy atom. The van der Waals surface area contributed by atoms with Crippen LogP contribution in [0.15, 0.2) is 78.9 Å². The summed E-state index contributed by atoms with van der Waals surface area (Å²) in [5.74, 6) is 1.04. The largest absolute Gasteiger partial charge is 0.495 e. The Morgan fingerprint density at radius 2 is 1.60 bits per heavy atom. The summed E-state index contributed by atoms with van der Waals surface area (Å²) in [6.07, 6.45) is 0.144. The van der Waals surface area contributed by atoms with Gasteiger partial charge in [-0.25, -0.2) is 0 Å². The van der Waals surface area contributed by atoms with Crippen LogP contribution in [0.3, 0.4) is 0 Å². The van der Waals surface area contributed by atoms with Crippen LogP contribution in [-0.2, 0) is 9.59 Å². The molecule has 6 heteroatoms. The number of nitrogens with zero attached hydrogens (tertiary/aromatic N) is 1.